The number of benzene rings is 2. The highest BCUT2D eigenvalue weighted by atomic mass is 16.5. The third kappa shape index (κ3) is 3.10. The van der Waals surface area contributed by atoms with Gasteiger partial charge in [0, 0.05) is 5.70 Å². The predicted molar refractivity (Wildman–Crippen MR) is 110 cm³/mol. The van der Waals surface area contributed by atoms with Gasteiger partial charge in [-0.05, 0) is 36.8 Å². The Morgan fingerprint density at radius 3 is 2.90 bits per heavy atom. The van der Waals surface area contributed by atoms with Gasteiger partial charge < -0.3 is 19.9 Å². The summed E-state index contributed by atoms with van der Waals surface area (Å²) in [4.78, 5) is 17.6. The number of hydrogen-bond donors (Lipinski definition) is 2. The van der Waals surface area contributed by atoms with Crippen LogP contribution in [0, 0.1) is 0 Å². The van der Waals surface area contributed by atoms with Gasteiger partial charge in [-0.2, -0.15) is 0 Å². The first kappa shape index (κ1) is 18.6. The molecule has 1 aliphatic rings. The molecular formula is C22H21N3O4. The summed E-state index contributed by atoms with van der Waals surface area (Å²) in [7, 11) is 1.49. The van der Waals surface area contributed by atoms with Crippen LogP contribution in [0.2, 0.25) is 0 Å². The number of nitrogens with one attached hydrogen (secondary N) is 1. The monoisotopic (exact) mass is 391 g/mol. The number of allylic oxidation sites excluding steroid dienone is 1. The number of para-hydroxylation sites is 2. The van der Waals surface area contributed by atoms with Crippen molar-refractivity contribution in [1.29, 1.82) is 0 Å². The number of aromatic hydroxyl groups is 1. The number of phenolic OH excluding ortho intramolecular Hbond substituents is 1. The average molecular weight is 391 g/mol. The summed E-state index contributed by atoms with van der Waals surface area (Å²) in [6.07, 6.45) is 1.53. The number of ether oxygens (including phenoxy) is 2. The zero-order valence-corrected chi connectivity index (χ0v) is 16.2. The number of fused-ring (bicyclic) bond motifs is 3. The van der Waals surface area contributed by atoms with Crippen molar-refractivity contribution in [3.8, 4) is 11.5 Å². The number of imidazole rings is 1. The Hall–Kier alpha value is -3.74. The summed E-state index contributed by atoms with van der Waals surface area (Å²) in [5.41, 5.74) is 3.54. The molecule has 0 aliphatic carbocycles. The molecule has 1 atom stereocenters. The van der Waals surface area contributed by atoms with Crippen molar-refractivity contribution in [1.82, 2.24) is 9.55 Å². The van der Waals surface area contributed by atoms with Crippen LogP contribution in [-0.2, 0) is 9.53 Å². The standard InChI is InChI=1S/C22H21N3O4/c1-4-11-29-21(27)19-13(2)23-22-24-15-7-5-6-8-16(15)25(22)20(19)14-9-10-17(26)18(12-14)28-3/h4-10,12,20,26H,1,11H2,2-3H3,(H,23,24)/t20-/m1/s1. The summed E-state index contributed by atoms with van der Waals surface area (Å²) in [6, 6.07) is 12.2. The fourth-order valence-corrected chi connectivity index (χ4v) is 3.62. The highest BCUT2D eigenvalue weighted by Crippen LogP contribution is 2.41. The highest BCUT2D eigenvalue weighted by molar-refractivity contribution is 5.94. The van der Waals surface area contributed by atoms with Crippen LogP contribution < -0.4 is 10.1 Å². The van der Waals surface area contributed by atoms with Crippen molar-refractivity contribution in [3.63, 3.8) is 0 Å². The number of methoxy groups -OCH3 is 1. The van der Waals surface area contributed by atoms with Gasteiger partial charge >= 0.3 is 5.97 Å². The van der Waals surface area contributed by atoms with Gasteiger partial charge in [-0.1, -0.05) is 30.9 Å². The van der Waals surface area contributed by atoms with Gasteiger partial charge in [-0.25, -0.2) is 9.78 Å². The smallest absolute Gasteiger partial charge is 0.338 e. The highest BCUT2D eigenvalue weighted by Gasteiger charge is 2.35. The summed E-state index contributed by atoms with van der Waals surface area (Å²) in [5.74, 6) is 0.525. The topological polar surface area (TPSA) is 85.6 Å². The SMILES string of the molecule is C=CCOC(=O)C1=C(C)Nc2nc3ccccc3n2[C@@H]1c1ccc(O)c(OC)c1. The summed E-state index contributed by atoms with van der Waals surface area (Å²) in [5, 5.41) is 13.3. The minimum Gasteiger partial charge on any atom is -0.504 e. The van der Waals surface area contributed by atoms with Gasteiger partial charge in [-0.15, -0.1) is 0 Å². The van der Waals surface area contributed by atoms with E-state index in [0.717, 1.165) is 16.6 Å². The first-order valence-corrected chi connectivity index (χ1v) is 9.14. The van der Waals surface area contributed by atoms with Crippen molar-refractivity contribution < 1.29 is 19.4 Å². The van der Waals surface area contributed by atoms with E-state index in [-0.39, 0.29) is 12.4 Å². The van der Waals surface area contributed by atoms with E-state index in [9.17, 15) is 9.90 Å². The van der Waals surface area contributed by atoms with Crippen LogP contribution in [0.4, 0.5) is 5.95 Å². The minimum absolute atomic E-state index is 0.0254. The number of rotatable bonds is 5. The second-order valence-electron chi connectivity index (χ2n) is 6.68. The maximum Gasteiger partial charge on any atom is 0.338 e. The molecule has 7 heteroatoms. The van der Waals surface area contributed by atoms with Crippen LogP contribution >= 0.6 is 0 Å². The number of hydrogen-bond acceptors (Lipinski definition) is 6. The fourth-order valence-electron chi connectivity index (χ4n) is 3.62. The molecule has 29 heavy (non-hydrogen) atoms. The Bertz CT molecular complexity index is 1150. The number of nitrogens with zero attached hydrogens (tertiary/aromatic N) is 2. The molecular weight excluding hydrogens is 370 g/mol. The molecule has 0 spiro atoms. The molecule has 2 aromatic carbocycles. The largest absolute Gasteiger partial charge is 0.504 e. The molecule has 1 aromatic heterocycles. The zero-order chi connectivity index (χ0) is 20.5. The molecule has 2 N–H and O–H groups in total. The Labute approximate surface area is 167 Å². The third-order valence-electron chi connectivity index (χ3n) is 4.90. The Morgan fingerprint density at radius 2 is 2.14 bits per heavy atom. The zero-order valence-electron chi connectivity index (χ0n) is 16.2. The van der Waals surface area contributed by atoms with E-state index in [1.165, 1.54) is 13.2 Å². The number of carbonyl (C=O) groups excluding carboxylic acids is 1. The third-order valence-corrected chi connectivity index (χ3v) is 4.90. The van der Waals surface area contributed by atoms with Crippen LogP contribution in [0.25, 0.3) is 11.0 Å². The Morgan fingerprint density at radius 1 is 1.34 bits per heavy atom. The lowest BCUT2D eigenvalue weighted by Gasteiger charge is -2.30. The number of carbonyl (C=O) groups is 1. The summed E-state index contributed by atoms with van der Waals surface area (Å²) >= 11 is 0. The fraction of sp³-hybridized carbons (Fsp3) is 0.182. The maximum absolute atomic E-state index is 13.0. The normalized spacial score (nSPS) is 15.6. The lowest BCUT2D eigenvalue weighted by atomic mass is 9.94. The van der Waals surface area contributed by atoms with E-state index < -0.39 is 12.0 Å². The van der Waals surface area contributed by atoms with Crippen LogP contribution in [0.5, 0.6) is 11.5 Å². The minimum atomic E-state index is -0.509. The molecule has 3 aromatic rings. The summed E-state index contributed by atoms with van der Waals surface area (Å²) in [6.45, 7) is 5.53. The predicted octanol–water partition coefficient (Wildman–Crippen LogP) is 3.77. The van der Waals surface area contributed by atoms with E-state index in [2.05, 4.69) is 16.9 Å². The van der Waals surface area contributed by atoms with Gasteiger partial charge in [0.1, 0.15) is 6.61 Å². The van der Waals surface area contributed by atoms with E-state index in [1.54, 1.807) is 18.2 Å². The number of anilines is 1. The average Bonchev–Trinajstić information content (AvgIpc) is 3.09. The first-order valence-electron chi connectivity index (χ1n) is 9.14. The van der Waals surface area contributed by atoms with Crippen molar-refractivity contribution >= 4 is 23.0 Å². The quantitative estimate of drug-likeness (QED) is 0.509. The maximum atomic E-state index is 13.0. The van der Waals surface area contributed by atoms with Crippen LogP contribution in [-0.4, -0.2) is 34.3 Å². The Balaban J connectivity index is 1.96. The lowest BCUT2D eigenvalue weighted by Crippen LogP contribution is -2.29. The number of phenols is 1. The van der Waals surface area contributed by atoms with Crippen molar-refractivity contribution in [2.24, 2.45) is 0 Å². The molecule has 4 rings (SSSR count). The van der Waals surface area contributed by atoms with Crippen LogP contribution in [0.1, 0.15) is 18.5 Å². The Kier molecular flexibility index (Phi) is 4.72. The molecule has 0 saturated carbocycles. The van der Waals surface area contributed by atoms with E-state index in [1.807, 2.05) is 35.8 Å². The molecule has 0 fully saturated rings. The van der Waals surface area contributed by atoms with Gasteiger partial charge in [-0.3, -0.25) is 4.57 Å². The molecule has 0 bridgehead atoms. The van der Waals surface area contributed by atoms with Crippen LogP contribution in [0.3, 0.4) is 0 Å². The van der Waals surface area contributed by atoms with Gasteiger partial charge in [0.15, 0.2) is 11.5 Å². The van der Waals surface area contributed by atoms with E-state index in [4.69, 9.17) is 9.47 Å². The molecule has 7 nitrogen and oxygen atoms in total. The molecule has 0 saturated heterocycles. The second-order valence-corrected chi connectivity index (χ2v) is 6.68. The van der Waals surface area contributed by atoms with Crippen molar-refractivity contribution in [2.45, 2.75) is 13.0 Å². The van der Waals surface area contributed by atoms with Gasteiger partial charge in [0.25, 0.3) is 0 Å². The van der Waals surface area contributed by atoms with Crippen LogP contribution in [0.15, 0.2) is 66.4 Å². The van der Waals surface area contributed by atoms with Gasteiger partial charge in [0.2, 0.25) is 5.95 Å². The van der Waals surface area contributed by atoms with E-state index in [0.29, 0.717) is 23.0 Å². The second kappa shape index (κ2) is 7.35. The number of esters is 1. The molecule has 1 aliphatic heterocycles. The molecule has 0 amide bonds. The lowest BCUT2D eigenvalue weighted by molar-refractivity contribution is -0.138. The molecule has 148 valence electrons. The van der Waals surface area contributed by atoms with Crippen molar-refractivity contribution in [2.75, 3.05) is 19.0 Å². The van der Waals surface area contributed by atoms with E-state index >= 15 is 0 Å². The molecule has 0 radical (unpaired) electrons. The number of aromatic nitrogens is 2. The molecule has 0 unspecified atom stereocenters. The summed E-state index contributed by atoms with van der Waals surface area (Å²) < 4.78 is 12.6. The molecule has 2 heterocycles. The van der Waals surface area contributed by atoms with Crippen molar-refractivity contribution in [3.05, 3.63) is 72.0 Å². The van der Waals surface area contributed by atoms with Gasteiger partial charge in [0.05, 0.1) is 29.8 Å². The first-order chi connectivity index (χ1) is 14.0.